The molecule has 0 amide bonds. The number of benzene rings is 1. The van der Waals surface area contributed by atoms with Gasteiger partial charge in [0.05, 0.1) is 6.10 Å². The van der Waals surface area contributed by atoms with Crippen LogP contribution in [-0.2, 0) is 0 Å². The summed E-state index contributed by atoms with van der Waals surface area (Å²) >= 11 is 6.79. The fourth-order valence-electron chi connectivity index (χ4n) is 1.27. The molecule has 0 aliphatic carbocycles. The van der Waals surface area contributed by atoms with Gasteiger partial charge < -0.3 is 5.11 Å². The molecule has 0 aliphatic heterocycles. The van der Waals surface area contributed by atoms with Crippen molar-refractivity contribution in [1.82, 2.24) is 0 Å². The SMILES string of the molecule is CC#CCCC(O)c1cc(Br)cc(Br)c1. The highest BCUT2D eigenvalue weighted by atomic mass is 79.9. The first-order valence-corrected chi connectivity index (χ1v) is 6.25. The van der Waals surface area contributed by atoms with Gasteiger partial charge in [0.15, 0.2) is 0 Å². The Labute approximate surface area is 107 Å². The number of rotatable bonds is 3. The van der Waals surface area contributed by atoms with Gasteiger partial charge in [0, 0.05) is 15.4 Å². The zero-order valence-corrected chi connectivity index (χ0v) is 11.6. The highest BCUT2D eigenvalue weighted by molar-refractivity contribution is 9.11. The Balaban J connectivity index is 2.71. The van der Waals surface area contributed by atoms with E-state index in [0.717, 1.165) is 20.9 Å². The van der Waals surface area contributed by atoms with E-state index in [1.54, 1.807) is 0 Å². The average Bonchev–Trinajstić information content (AvgIpc) is 2.16. The normalized spacial score (nSPS) is 11.7. The van der Waals surface area contributed by atoms with Crippen LogP contribution in [-0.4, -0.2) is 5.11 Å². The van der Waals surface area contributed by atoms with Gasteiger partial charge in [0.1, 0.15) is 0 Å². The third-order valence-corrected chi connectivity index (χ3v) is 2.90. The Bertz CT molecular complexity index is 370. The van der Waals surface area contributed by atoms with Crippen LogP contribution in [0.2, 0.25) is 0 Å². The molecular formula is C12H12Br2O. The molecule has 0 saturated heterocycles. The molecule has 3 heteroatoms. The summed E-state index contributed by atoms with van der Waals surface area (Å²) in [6.45, 7) is 1.81. The molecule has 1 unspecified atom stereocenters. The lowest BCUT2D eigenvalue weighted by Crippen LogP contribution is -1.96. The first kappa shape index (κ1) is 12.8. The standard InChI is InChI=1S/C12H12Br2O/c1-2-3-4-5-12(15)9-6-10(13)8-11(14)7-9/h6-8,12,15H,4-5H2,1H3. The molecule has 15 heavy (non-hydrogen) atoms. The monoisotopic (exact) mass is 330 g/mol. The van der Waals surface area contributed by atoms with E-state index in [1.807, 2.05) is 25.1 Å². The third-order valence-electron chi connectivity index (χ3n) is 1.99. The van der Waals surface area contributed by atoms with Gasteiger partial charge in [-0.25, -0.2) is 0 Å². The summed E-state index contributed by atoms with van der Waals surface area (Å²) in [7, 11) is 0. The third kappa shape index (κ3) is 4.38. The molecular weight excluding hydrogens is 320 g/mol. The maximum atomic E-state index is 9.89. The molecule has 0 bridgehead atoms. The zero-order valence-electron chi connectivity index (χ0n) is 8.43. The molecule has 80 valence electrons. The molecule has 1 aromatic carbocycles. The average molecular weight is 332 g/mol. The van der Waals surface area contributed by atoms with Crippen LogP contribution in [0.3, 0.4) is 0 Å². The number of aliphatic hydroxyl groups is 1. The summed E-state index contributed by atoms with van der Waals surface area (Å²) in [6, 6.07) is 5.80. The van der Waals surface area contributed by atoms with Gasteiger partial charge >= 0.3 is 0 Å². The second-order valence-corrected chi connectivity index (χ2v) is 5.02. The highest BCUT2D eigenvalue weighted by Crippen LogP contribution is 2.26. The van der Waals surface area contributed by atoms with Crippen LogP contribution in [0.15, 0.2) is 27.1 Å². The van der Waals surface area contributed by atoms with E-state index >= 15 is 0 Å². The maximum absolute atomic E-state index is 9.89. The predicted octanol–water partition coefficient (Wildman–Crippen LogP) is 4.05. The molecule has 0 spiro atoms. The molecule has 0 aromatic heterocycles. The first-order valence-electron chi connectivity index (χ1n) is 4.67. The largest absolute Gasteiger partial charge is 0.388 e. The van der Waals surface area contributed by atoms with Crippen molar-refractivity contribution >= 4 is 31.9 Å². The molecule has 0 radical (unpaired) electrons. The van der Waals surface area contributed by atoms with E-state index in [-0.39, 0.29) is 0 Å². The van der Waals surface area contributed by atoms with Crippen molar-refractivity contribution in [2.24, 2.45) is 0 Å². The topological polar surface area (TPSA) is 20.2 Å². The summed E-state index contributed by atoms with van der Waals surface area (Å²) in [6.07, 6.45) is 0.950. The Morgan fingerprint density at radius 1 is 1.27 bits per heavy atom. The van der Waals surface area contributed by atoms with Crippen LogP contribution in [0.25, 0.3) is 0 Å². The van der Waals surface area contributed by atoms with Crippen LogP contribution in [0, 0.1) is 11.8 Å². The Hall–Kier alpha value is -0.300. The van der Waals surface area contributed by atoms with Crippen molar-refractivity contribution in [2.75, 3.05) is 0 Å². The minimum absolute atomic E-state index is 0.445. The smallest absolute Gasteiger partial charge is 0.0799 e. The fourth-order valence-corrected chi connectivity index (χ4v) is 2.60. The van der Waals surface area contributed by atoms with Crippen LogP contribution >= 0.6 is 31.9 Å². The Kier molecular flexibility index (Phi) is 5.38. The second-order valence-electron chi connectivity index (χ2n) is 3.18. The fraction of sp³-hybridized carbons (Fsp3) is 0.333. The van der Waals surface area contributed by atoms with Crippen molar-refractivity contribution in [1.29, 1.82) is 0 Å². The van der Waals surface area contributed by atoms with Gasteiger partial charge in [-0.2, -0.15) is 0 Å². The lowest BCUT2D eigenvalue weighted by molar-refractivity contribution is 0.169. The van der Waals surface area contributed by atoms with Gasteiger partial charge in [-0.15, -0.1) is 11.8 Å². The number of hydrogen-bond donors (Lipinski definition) is 1. The van der Waals surface area contributed by atoms with E-state index in [2.05, 4.69) is 43.7 Å². The molecule has 1 nitrogen and oxygen atoms in total. The van der Waals surface area contributed by atoms with E-state index in [4.69, 9.17) is 0 Å². The van der Waals surface area contributed by atoms with E-state index < -0.39 is 6.10 Å². The van der Waals surface area contributed by atoms with Gasteiger partial charge in [-0.1, -0.05) is 31.9 Å². The molecule has 0 saturated carbocycles. The lowest BCUT2D eigenvalue weighted by Gasteiger charge is -2.10. The minimum Gasteiger partial charge on any atom is -0.388 e. The number of hydrogen-bond acceptors (Lipinski definition) is 1. The van der Waals surface area contributed by atoms with E-state index in [9.17, 15) is 5.11 Å². The van der Waals surface area contributed by atoms with Crippen LogP contribution in [0.5, 0.6) is 0 Å². The maximum Gasteiger partial charge on any atom is 0.0799 e. The van der Waals surface area contributed by atoms with Gasteiger partial charge in [0.2, 0.25) is 0 Å². The molecule has 1 atom stereocenters. The van der Waals surface area contributed by atoms with Crippen molar-refractivity contribution in [3.05, 3.63) is 32.7 Å². The summed E-state index contributed by atoms with van der Waals surface area (Å²) in [5, 5.41) is 9.89. The molecule has 1 aromatic rings. The molecule has 1 N–H and O–H groups in total. The molecule has 0 aliphatic rings. The predicted molar refractivity (Wildman–Crippen MR) is 69.5 cm³/mol. The highest BCUT2D eigenvalue weighted by Gasteiger charge is 2.08. The Morgan fingerprint density at radius 3 is 2.40 bits per heavy atom. The van der Waals surface area contributed by atoms with Crippen LogP contribution in [0.1, 0.15) is 31.4 Å². The molecule has 0 heterocycles. The minimum atomic E-state index is -0.445. The molecule has 0 fully saturated rings. The van der Waals surface area contributed by atoms with Crippen LogP contribution in [0.4, 0.5) is 0 Å². The van der Waals surface area contributed by atoms with Crippen molar-refractivity contribution < 1.29 is 5.11 Å². The van der Waals surface area contributed by atoms with Crippen molar-refractivity contribution in [2.45, 2.75) is 25.9 Å². The van der Waals surface area contributed by atoms with Gasteiger partial charge in [-0.3, -0.25) is 0 Å². The second kappa shape index (κ2) is 6.32. The summed E-state index contributed by atoms with van der Waals surface area (Å²) in [5.41, 5.74) is 0.911. The van der Waals surface area contributed by atoms with Crippen molar-refractivity contribution in [3.63, 3.8) is 0 Å². The summed E-state index contributed by atoms with van der Waals surface area (Å²) in [5.74, 6) is 5.76. The van der Waals surface area contributed by atoms with Crippen LogP contribution < -0.4 is 0 Å². The van der Waals surface area contributed by atoms with Crippen molar-refractivity contribution in [3.8, 4) is 11.8 Å². The lowest BCUT2D eigenvalue weighted by atomic mass is 10.1. The van der Waals surface area contributed by atoms with E-state index in [1.165, 1.54) is 0 Å². The Morgan fingerprint density at radius 2 is 1.87 bits per heavy atom. The summed E-state index contributed by atoms with van der Waals surface area (Å²) in [4.78, 5) is 0. The first-order chi connectivity index (χ1) is 7.13. The molecule has 1 rings (SSSR count). The quantitative estimate of drug-likeness (QED) is 0.828. The number of aliphatic hydroxyl groups excluding tert-OH is 1. The zero-order chi connectivity index (χ0) is 11.3. The number of halogens is 2. The van der Waals surface area contributed by atoms with Gasteiger partial charge in [-0.05, 0) is 37.1 Å². The van der Waals surface area contributed by atoms with E-state index in [0.29, 0.717) is 6.42 Å². The summed E-state index contributed by atoms with van der Waals surface area (Å²) < 4.78 is 1.93. The van der Waals surface area contributed by atoms with Gasteiger partial charge in [0.25, 0.3) is 0 Å².